The molecule has 2 aromatic rings. The topological polar surface area (TPSA) is 56.3 Å². The fourth-order valence-electron chi connectivity index (χ4n) is 1.90. The first-order chi connectivity index (χ1) is 9.71. The molecule has 5 heteroatoms. The van der Waals surface area contributed by atoms with E-state index < -0.39 is 0 Å². The van der Waals surface area contributed by atoms with Crippen molar-refractivity contribution in [3.8, 4) is 11.6 Å². The molecule has 0 spiro atoms. The summed E-state index contributed by atoms with van der Waals surface area (Å²) in [5.74, 6) is 2.91. The standard InChI is InChI=1S/C15H19N3O2/c1-11-17-14(10-15(18-11)20-3)16-8-7-12-5-4-6-13(9-12)19-2/h4-6,9-10H,7-8H2,1-3H3,(H,16,17,18). The van der Waals surface area contributed by atoms with E-state index in [-0.39, 0.29) is 0 Å². The summed E-state index contributed by atoms with van der Waals surface area (Å²) in [7, 11) is 3.27. The number of ether oxygens (including phenoxy) is 2. The Morgan fingerprint density at radius 3 is 2.70 bits per heavy atom. The molecule has 0 radical (unpaired) electrons. The Morgan fingerprint density at radius 2 is 1.95 bits per heavy atom. The summed E-state index contributed by atoms with van der Waals surface area (Å²) in [6.07, 6.45) is 0.891. The largest absolute Gasteiger partial charge is 0.497 e. The van der Waals surface area contributed by atoms with Gasteiger partial charge in [-0.05, 0) is 31.0 Å². The maximum Gasteiger partial charge on any atom is 0.218 e. The Labute approximate surface area is 119 Å². The van der Waals surface area contributed by atoms with Gasteiger partial charge in [-0.2, -0.15) is 4.98 Å². The monoisotopic (exact) mass is 273 g/mol. The number of nitrogens with one attached hydrogen (secondary N) is 1. The fourth-order valence-corrected chi connectivity index (χ4v) is 1.90. The molecule has 0 saturated heterocycles. The molecule has 106 valence electrons. The zero-order chi connectivity index (χ0) is 14.4. The molecular formula is C15H19N3O2. The molecule has 1 aromatic heterocycles. The lowest BCUT2D eigenvalue weighted by molar-refractivity contribution is 0.396. The van der Waals surface area contributed by atoms with E-state index in [1.165, 1.54) is 5.56 Å². The Morgan fingerprint density at radius 1 is 1.10 bits per heavy atom. The predicted octanol–water partition coefficient (Wildman–Crippen LogP) is 2.46. The summed E-state index contributed by atoms with van der Waals surface area (Å²) >= 11 is 0. The molecule has 0 bridgehead atoms. The van der Waals surface area contributed by atoms with Gasteiger partial charge in [0.1, 0.15) is 17.4 Å². The first-order valence-corrected chi connectivity index (χ1v) is 6.47. The van der Waals surface area contributed by atoms with Crippen LogP contribution in [0.2, 0.25) is 0 Å². The molecule has 0 atom stereocenters. The molecule has 1 heterocycles. The van der Waals surface area contributed by atoms with Gasteiger partial charge in [-0.25, -0.2) is 4.98 Å². The second-order valence-corrected chi connectivity index (χ2v) is 4.37. The summed E-state index contributed by atoms with van der Waals surface area (Å²) in [6.45, 7) is 2.63. The molecule has 0 amide bonds. The van der Waals surface area contributed by atoms with E-state index in [0.29, 0.717) is 11.7 Å². The second kappa shape index (κ2) is 6.75. The summed E-state index contributed by atoms with van der Waals surface area (Å²) in [5.41, 5.74) is 1.22. The van der Waals surface area contributed by atoms with Crippen LogP contribution in [0.25, 0.3) is 0 Å². The molecule has 1 N–H and O–H groups in total. The van der Waals surface area contributed by atoms with Gasteiger partial charge in [-0.1, -0.05) is 12.1 Å². The molecular weight excluding hydrogens is 254 g/mol. The quantitative estimate of drug-likeness (QED) is 0.876. The number of nitrogens with zero attached hydrogens (tertiary/aromatic N) is 2. The van der Waals surface area contributed by atoms with E-state index >= 15 is 0 Å². The van der Waals surface area contributed by atoms with Crippen molar-refractivity contribution in [3.63, 3.8) is 0 Å². The predicted molar refractivity (Wildman–Crippen MR) is 78.5 cm³/mol. The van der Waals surface area contributed by atoms with Crippen molar-refractivity contribution in [2.75, 3.05) is 26.1 Å². The fraction of sp³-hybridized carbons (Fsp3) is 0.333. The second-order valence-electron chi connectivity index (χ2n) is 4.37. The van der Waals surface area contributed by atoms with Gasteiger partial charge >= 0.3 is 0 Å². The maximum atomic E-state index is 5.21. The van der Waals surface area contributed by atoms with Crippen molar-refractivity contribution in [1.29, 1.82) is 0 Å². The van der Waals surface area contributed by atoms with Crippen molar-refractivity contribution in [2.24, 2.45) is 0 Å². The third-order valence-electron chi connectivity index (χ3n) is 2.88. The van der Waals surface area contributed by atoms with Gasteiger partial charge in [-0.15, -0.1) is 0 Å². The third-order valence-corrected chi connectivity index (χ3v) is 2.88. The van der Waals surface area contributed by atoms with Crippen molar-refractivity contribution < 1.29 is 9.47 Å². The highest BCUT2D eigenvalue weighted by Crippen LogP contribution is 2.15. The lowest BCUT2D eigenvalue weighted by atomic mass is 10.1. The molecule has 0 fully saturated rings. The Kier molecular flexibility index (Phi) is 4.76. The van der Waals surface area contributed by atoms with E-state index in [2.05, 4.69) is 21.4 Å². The number of aryl methyl sites for hydroxylation is 1. The Bertz CT molecular complexity index is 573. The average molecular weight is 273 g/mol. The van der Waals surface area contributed by atoms with Crippen LogP contribution in [0.3, 0.4) is 0 Å². The van der Waals surface area contributed by atoms with Crippen molar-refractivity contribution in [2.45, 2.75) is 13.3 Å². The van der Waals surface area contributed by atoms with Gasteiger partial charge in [0.05, 0.1) is 14.2 Å². The normalized spacial score (nSPS) is 10.2. The van der Waals surface area contributed by atoms with E-state index in [1.807, 2.05) is 25.1 Å². The number of methoxy groups -OCH3 is 2. The van der Waals surface area contributed by atoms with E-state index in [9.17, 15) is 0 Å². The highest BCUT2D eigenvalue weighted by molar-refractivity contribution is 5.38. The molecule has 1 aromatic carbocycles. The number of aromatic nitrogens is 2. The Balaban J connectivity index is 1.93. The van der Waals surface area contributed by atoms with Crippen LogP contribution < -0.4 is 14.8 Å². The van der Waals surface area contributed by atoms with E-state index in [4.69, 9.17) is 9.47 Å². The van der Waals surface area contributed by atoms with Gasteiger partial charge in [0.25, 0.3) is 0 Å². The van der Waals surface area contributed by atoms with E-state index in [0.717, 1.165) is 24.5 Å². The highest BCUT2D eigenvalue weighted by atomic mass is 16.5. The molecule has 20 heavy (non-hydrogen) atoms. The number of hydrogen-bond donors (Lipinski definition) is 1. The number of hydrogen-bond acceptors (Lipinski definition) is 5. The van der Waals surface area contributed by atoms with Gasteiger partial charge in [0.2, 0.25) is 5.88 Å². The van der Waals surface area contributed by atoms with Crippen molar-refractivity contribution >= 4 is 5.82 Å². The molecule has 0 aliphatic carbocycles. The minimum absolute atomic E-state index is 0.571. The van der Waals surface area contributed by atoms with Crippen molar-refractivity contribution in [3.05, 3.63) is 41.7 Å². The first kappa shape index (κ1) is 14.1. The summed E-state index contributed by atoms with van der Waals surface area (Å²) in [4.78, 5) is 8.47. The molecule has 5 nitrogen and oxygen atoms in total. The highest BCUT2D eigenvalue weighted by Gasteiger charge is 2.02. The first-order valence-electron chi connectivity index (χ1n) is 6.47. The van der Waals surface area contributed by atoms with Crippen LogP contribution in [0.5, 0.6) is 11.6 Å². The van der Waals surface area contributed by atoms with Crippen LogP contribution in [0.4, 0.5) is 5.82 Å². The summed E-state index contributed by atoms with van der Waals surface area (Å²) in [5, 5.41) is 3.27. The molecule has 0 unspecified atom stereocenters. The van der Waals surface area contributed by atoms with Gasteiger partial charge < -0.3 is 14.8 Å². The van der Waals surface area contributed by atoms with Crippen LogP contribution in [-0.2, 0) is 6.42 Å². The smallest absolute Gasteiger partial charge is 0.218 e. The van der Waals surface area contributed by atoms with Crippen LogP contribution in [0, 0.1) is 6.92 Å². The maximum absolute atomic E-state index is 5.21. The lowest BCUT2D eigenvalue weighted by Gasteiger charge is -2.08. The Hall–Kier alpha value is -2.30. The van der Waals surface area contributed by atoms with Crippen LogP contribution in [-0.4, -0.2) is 30.7 Å². The number of anilines is 1. The van der Waals surface area contributed by atoms with Crippen LogP contribution in [0.1, 0.15) is 11.4 Å². The summed E-state index contributed by atoms with van der Waals surface area (Å²) < 4.78 is 10.3. The van der Waals surface area contributed by atoms with Crippen molar-refractivity contribution in [1.82, 2.24) is 9.97 Å². The lowest BCUT2D eigenvalue weighted by Crippen LogP contribution is -2.08. The molecule has 0 aliphatic heterocycles. The van der Waals surface area contributed by atoms with Crippen LogP contribution in [0.15, 0.2) is 30.3 Å². The van der Waals surface area contributed by atoms with Gasteiger partial charge in [-0.3, -0.25) is 0 Å². The minimum atomic E-state index is 0.571. The van der Waals surface area contributed by atoms with Crippen LogP contribution >= 0.6 is 0 Å². The summed E-state index contributed by atoms with van der Waals surface area (Å²) in [6, 6.07) is 9.84. The molecule has 0 saturated carbocycles. The van der Waals surface area contributed by atoms with Gasteiger partial charge in [0.15, 0.2) is 0 Å². The SMILES string of the molecule is COc1cccc(CCNc2cc(OC)nc(C)n2)c1. The number of benzene rings is 1. The molecule has 2 rings (SSSR count). The average Bonchev–Trinajstić information content (AvgIpc) is 2.47. The van der Waals surface area contributed by atoms with E-state index in [1.54, 1.807) is 20.3 Å². The molecule has 0 aliphatic rings. The third kappa shape index (κ3) is 3.85. The zero-order valence-corrected chi connectivity index (χ0v) is 12.0. The minimum Gasteiger partial charge on any atom is -0.497 e. The zero-order valence-electron chi connectivity index (χ0n) is 12.0. The van der Waals surface area contributed by atoms with Gasteiger partial charge in [0, 0.05) is 12.6 Å². The number of rotatable bonds is 6.